The Morgan fingerprint density at radius 2 is 2.09 bits per heavy atom. The molecule has 0 radical (unpaired) electrons. The van der Waals surface area contributed by atoms with E-state index in [2.05, 4.69) is 15.6 Å². The number of pyridine rings is 1. The van der Waals surface area contributed by atoms with Gasteiger partial charge in [0.1, 0.15) is 11.6 Å². The Balaban J connectivity index is 0.00000242. The highest BCUT2D eigenvalue weighted by atomic mass is 35.5. The number of aromatic nitrogens is 1. The van der Waals surface area contributed by atoms with Crippen molar-refractivity contribution in [2.45, 2.75) is 12.8 Å². The molecule has 7 heteroatoms. The van der Waals surface area contributed by atoms with E-state index >= 15 is 0 Å². The van der Waals surface area contributed by atoms with Gasteiger partial charge >= 0.3 is 0 Å². The van der Waals surface area contributed by atoms with Gasteiger partial charge in [0.25, 0.3) is 0 Å². The first-order chi connectivity index (χ1) is 10.1. The van der Waals surface area contributed by atoms with Gasteiger partial charge in [0.05, 0.1) is 18.5 Å². The molecule has 0 aliphatic rings. The highest BCUT2D eigenvalue weighted by Gasteiger charge is 2.07. The molecule has 0 unspecified atom stereocenters. The summed E-state index contributed by atoms with van der Waals surface area (Å²) >= 11 is 5.99. The van der Waals surface area contributed by atoms with Crippen molar-refractivity contribution in [2.24, 2.45) is 0 Å². The summed E-state index contributed by atoms with van der Waals surface area (Å²) in [5, 5.41) is 6.91. The predicted molar refractivity (Wildman–Crippen MR) is 92.3 cm³/mol. The molecule has 0 saturated carbocycles. The minimum atomic E-state index is -0.0482. The first-order valence-corrected chi connectivity index (χ1v) is 7.19. The molecule has 1 aromatic heterocycles. The van der Waals surface area contributed by atoms with Gasteiger partial charge < -0.3 is 15.4 Å². The number of fused-ring (bicyclic) bond motifs is 1. The van der Waals surface area contributed by atoms with Crippen molar-refractivity contribution in [3.63, 3.8) is 0 Å². The summed E-state index contributed by atoms with van der Waals surface area (Å²) in [4.78, 5) is 15.4. The normalized spacial score (nSPS) is 9.95. The van der Waals surface area contributed by atoms with Crippen LogP contribution in [0.4, 0.5) is 5.82 Å². The Morgan fingerprint density at radius 1 is 1.32 bits per heavy atom. The third-order valence-electron chi connectivity index (χ3n) is 3.04. The SMILES string of the molecule is COc1ccc2nc(NCCNC(C)=O)c(CCl)cc2c1.Cl. The van der Waals surface area contributed by atoms with E-state index in [-0.39, 0.29) is 18.3 Å². The van der Waals surface area contributed by atoms with Crippen LogP contribution in [-0.4, -0.2) is 31.1 Å². The molecular formula is C15H19Cl2N3O2. The minimum absolute atomic E-state index is 0. The number of hydrogen-bond donors (Lipinski definition) is 2. The van der Waals surface area contributed by atoms with Crippen LogP contribution in [0.5, 0.6) is 5.75 Å². The summed E-state index contributed by atoms with van der Waals surface area (Å²) in [6, 6.07) is 7.71. The van der Waals surface area contributed by atoms with Gasteiger partial charge in [-0.15, -0.1) is 24.0 Å². The van der Waals surface area contributed by atoms with Crippen LogP contribution in [0.2, 0.25) is 0 Å². The predicted octanol–water partition coefficient (Wildman–Crippen LogP) is 2.95. The van der Waals surface area contributed by atoms with Crippen LogP contribution in [0.15, 0.2) is 24.3 Å². The van der Waals surface area contributed by atoms with E-state index in [1.807, 2.05) is 24.3 Å². The summed E-state index contributed by atoms with van der Waals surface area (Å²) < 4.78 is 5.21. The average Bonchev–Trinajstić information content (AvgIpc) is 2.49. The van der Waals surface area contributed by atoms with Gasteiger partial charge in [-0.2, -0.15) is 0 Å². The van der Waals surface area contributed by atoms with E-state index in [4.69, 9.17) is 16.3 Å². The van der Waals surface area contributed by atoms with E-state index in [9.17, 15) is 4.79 Å². The maximum Gasteiger partial charge on any atom is 0.216 e. The van der Waals surface area contributed by atoms with Crippen LogP contribution in [-0.2, 0) is 10.7 Å². The topological polar surface area (TPSA) is 63.2 Å². The molecule has 1 amide bonds. The molecule has 0 aliphatic carbocycles. The molecule has 1 heterocycles. The lowest BCUT2D eigenvalue weighted by Gasteiger charge is -2.12. The van der Waals surface area contributed by atoms with Gasteiger partial charge in [0.2, 0.25) is 5.91 Å². The van der Waals surface area contributed by atoms with Crippen LogP contribution in [0.25, 0.3) is 10.9 Å². The highest BCUT2D eigenvalue weighted by molar-refractivity contribution is 6.17. The molecule has 22 heavy (non-hydrogen) atoms. The van der Waals surface area contributed by atoms with Gasteiger partial charge in [-0.05, 0) is 24.3 Å². The van der Waals surface area contributed by atoms with Crippen molar-refractivity contribution in [1.82, 2.24) is 10.3 Å². The molecule has 2 N–H and O–H groups in total. The molecule has 120 valence electrons. The summed E-state index contributed by atoms with van der Waals surface area (Å²) in [5.41, 5.74) is 1.78. The van der Waals surface area contributed by atoms with Crippen molar-refractivity contribution in [1.29, 1.82) is 0 Å². The molecule has 0 spiro atoms. The maximum atomic E-state index is 10.8. The number of amides is 1. The van der Waals surface area contributed by atoms with Gasteiger partial charge in [-0.3, -0.25) is 4.79 Å². The Morgan fingerprint density at radius 3 is 2.73 bits per heavy atom. The Labute approximate surface area is 140 Å². The zero-order valence-corrected chi connectivity index (χ0v) is 14.1. The second-order valence-corrected chi connectivity index (χ2v) is 4.87. The number of benzene rings is 1. The Hall–Kier alpha value is -1.72. The summed E-state index contributed by atoms with van der Waals surface area (Å²) in [6.07, 6.45) is 0. The Bertz CT molecular complexity index is 650. The number of rotatable bonds is 6. The monoisotopic (exact) mass is 343 g/mol. The molecule has 0 aliphatic heterocycles. The van der Waals surface area contributed by atoms with E-state index in [0.717, 1.165) is 28.0 Å². The quantitative estimate of drug-likeness (QED) is 0.625. The number of nitrogens with zero attached hydrogens (tertiary/aromatic N) is 1. The summed E-state index contributed by atoms with van der Waals surface area (Å²) in [7, 11) is 1.63. The second-order valence-electron chi connectivity index (χ2n) is 4.60. The number of carbonyl (C=O) groups is 1. The number of ether oxygens (including phenoxy) is 1. The number of anilines is 1. The molecule has 0 fully saturated rings. The van der Waals surface area contributed by atoms with Crippen molar-refractivity contribution >= 4 is 46.6 Å². The number of alkyl halides is 1. The first kappa shape index (κ1) is 18.3. The first-order valence-electron chi connectivity index (χ1n) is 6.66. The van der Waals surface area contributed by atoms with Gasteiger partial charge in [-0.25, -0.2) is 4.98 Å². The van der Waals surface area contributed by atoms with E-state index in [1.165, 1.54) is 6.92 Å². The maximum absolute atomic E-state index is 10.8. The molecule has 5 nitrogen and oxygen atoms in total. The lowest BCUT2D eigenvalue weighted by atomic mass is 10.1. The number of halogens is 2. The van der Waals surface area contributed by atoms with Crippen molar-refractivity contribution in [2.75, 3.05) is 25.5 Å². The smallest absolute Gasteiger partial charge is 0.216 e. The molecule has 0 saturated heterocycles. The number of carbonyl (C=O) groups excluding carboxylic acids is 1. The lowest BCUT2D eigenvalue weighted by molar-refractivity contribution is -0.118. The average molecular weight is 344 g/mol. The molecule has 0 bridgehead atoms. The molecule has 2 rings (SSSR count). The minimum Gasteiger partial charge on any atom is -0.497 e. The van der Waals surface area contributed by atoms with E-state index in [0.29, 0.717) is 19.0 Å². The van der Waals surface area contributed by atoms with Gasteiger partial charge in [0, 0.05) is 31.0 Å². The largest absolute Gasteiger partial charge is 0.497 e. The zero-order valence-electron chi connectivity index (χ0n) is 12.5. The third kappa shape index (κ3) is 4.64. The fourth-order valence-electron chi connectivity index (χ4n) is 2.00. The van der Waals surface area contributed by atoms with Crippen LogP contribution in [0.3, 0.4) is 0 Å². The number of nitrogens with one attached hydrogen (secondary N) is 2. The van der Waals surface area contributed by atoms with Crippen LogP contribution < -0.4 is 15.4 Å². The molecular weight excluding hydrogens is 325 g/mol. The van der Waals surface area contributed by atoms with E-state index in [1.54, 1.807) is 7.11 Å². The number of methoxy groups -OCH3 is 1. The fourth-order valence-corrected chi connectivity index (χ4v) is 2.20. The van der Waals surface area contributed by atoms with Gasteiger partial charge in [0.15, 0.2) is 0 Å². The lowest BCUT2D eigenvalue weighted by Crippen LogP contribution is -2.26. The van der Waals surface area contributed by atoms with E-state index < -0.39 is 0 Å². The molecule has 1 aromatic carbocycles. The zero-order chi connectivity index (χ0) is 15.2. The third-order valence-corrected chi connectivity index (χ3v) is 3.32. The van der Waals surface area contributed by atoms with Gasteiger partial charge in [-0.1, -0.05) is 0 Å². The summed E-state index contributed by atoms with van der Waals surface area (Å²) in [5.74, 6) is 1.85. The van der Waals surface area contributed by atoms with Crippen LogP contribution >= 0.6 is 24.0 Å². The van der Waals surface area contributed by atoms with Crippen LogP contribution in [0, 0.1) is 0 Å². The molecule has 0 atom stereocenters. The van der Waals surface area contributed by atoms with Crippen LogP contribution in [0.1, 0.15) is 12.5 Å². The Kier molecular flexibility index (Phi) is 7.21. The molecule has 2 aromatic rings. The highest BCUT2D eigenvalue weighted by Crippen LogP contribution is 2.25. The standard InChI is InChI=1S/C15H18ClN3O2.ClH/c1-10(20)17-5-6-18-15-12(9-16)7-11-8-13(21-2)3-4-14(11)19-15;/h3-4,7-8H,5-6,9H2,1-2H3,(H,17,20)(H,18,19);1H. The fraction of sp³-hybridized carbons (Fsp3) is 0.333. The second kappa shape index (κ2) is 8.66. The van der Waals surface area contributed by atoms with Crippen molar-refractivity contribution in [3.05, 3.63) is 29.8 Å². The van der Waals surface area contributed by atoms with Crippen molar-refractivity contribution < 1.29 is 9.53 Å². The summed E-state index contributed by atoms with van der Waals surface area (Å²) in [6.45, 7) is 2.63. The van der Waals surface area contributed by atoms with Crippen molar-refractivity contribution in [3.8, 4) is 5.75 Å². The number of hydrogen-bond acceptors (Lipinski definition) is 4.